The molecule has 0 aliphatic carbocycles. The van der Waals surface area contributed by atoms with E-state index in [9.17, 15) is 13.2 Å². The van der Waals surface area contributed by atoms with Crippen LogP contribution >= 0.6 is 0 Å². The highest BCUT2D eigenvalue weighted by atomic mass is 19.4. The Kier molecular flexibility index (Phi) is 6.42. The van der Waals surface area contributed by atoms with Gasteiger partial charge in [-0.25, -0.2) is 4.99 Å². The van der Waals surface area contributed by atoms with Crippen molar-refractivity contribution < 1.29 is 13.2 Å². The van der Waals surface area contributed by atoms with E-state index in [2.05, 4.69) is 56.5 Å². The van der Waals surface area contributed by atoms with Gasteiger partial charge >= 0.3 is 6.18 Å². The Morgan fingerprint density at radius 2 is 1.89 bits per heavy atom. The Balaban J connectivity index is 1.33. The first-order valence-electron chi connectivity index (χ1n) is 11.7. The third kappa shape index (κ3) is 5.30. The van der Waals surface area contributed by atoms with Gasteiger partial charge in [0, 0.05) is 18.3 Å². The number of amidine groups is 1. The van der Waals surface area contributed by atoms with Crippen LogP contribution in [0.25, 0.3) is 0 Å². The van der Waals surface area contributed by atoms with E-state index in [1.807, 2.05) is 12.3 Å². The first kappa shape index (κ1) is 23.3. The zero-order valence-corrected chi connectivity index (χ0v) is 19.4. The number of aliphatic imine (C=N–C) groups is 2. The fraction of sp³-hybridized carbons (Fsp3) is 0.346. The van der Waals surface area contributed by atoms with Crippen molar-refractivity contribution in [1.82, 2.24) is 20.0 Å². The van der Waals surface area contributed by atoms with E-state index < -0.39 is 11.7 Å². The molecule has 2 aliphatic heterocycles. The van der Waals surface area contributed by atoms with E-state index in [0.29, 0.717) is 18.0 Å². The molecule has 5 rings (SSSR count). The number of alkyl halides is 3. The number of aromatic nitrogens is 2. The van der Waals surface area contributed by atoms with Crippen LogP contribution in [0.4, 0.5) is 13.2 Å². The third-order valence-corrected chi connectivity index (χ3v) is 6.34. The summed E-state index contributed by atoms with van der Waals surface area (Å²) in [5.74, 6) is 1.35. The van der Waals surface area contributed by atoms with Gasteiger partial charge in [-0.1, -0.05) is 49.4 Å². The number of fused-ring (bicyclic) bond motifs is 1. The molecule has 3 unspecified atom stereocenters. The third-order valence-electron chi connectivity index (χ3n) is 6.34. The molecule has 2 aliphatic rings. The molecule has 0 spiro atoms. The van der Waals surface area contributed by atoms with Gasteiger partial charge in [-0.05, 0) is 35.6 Å². The molecule has 0 bridgehead atoms. The summed E-state index contributed by atoms with van der Waals surface area (Å²) < 4.78 is 40.9. The Hall–Kier alpha value is -3.46. The normalized spacial score (nSPS) is 20.6. The van der Waals surface area contributed by atoms with E-state index in [4.69, 9.17) is 0 Å². The minimum atomic E-state index is -4.37. The number of hydrogen-bond donors (Lipinski definition) is 1. The van der Waals surface area contributed by atoms with Crippen molar-refractivity contribution in [3.8, 4) is 0 Å². The molecule has 1 N–H and O–H groups in total. The molecule has 182 valence electrons. The van der Waals surface area contributed by atoms with Gasteiger partial charge in [0.05, 0.1) is 30.9 Å². The van der Waals surface area contributed by atoms with Crippen molar-refractivity contribution >= 4 is 12.2 Å². The van der Waals surface area contributed by atoms with Crippen molar-refractivity contribution in [2.24, 2.45) is 15.9 Å². The fourth-order valence-electron chi connectivity index (χ4n) is 4.77. The molecule has 2 aromatic carbocycles. The lowest BCUT2D eigenvalue weighted by Crippen LogP contribution is -2.37. The van der Waals surface area contributed by atoms with E-state index in [0.717, 1.165) is 30.4 Å². The molecule has 3 heterocycles. The molecule has 3 aromatic rings. The number of nitrogens with zero attached hydrogens (tertiary/aromatic N) is 5. The predicted molar refractivity (Wildman–Crippen MR) is 129 cm³/mol. The average Bonchev–Trinajstić information content (AvgIpc) is 3.44. The molecule has 1 saturated heterocycles. The van der Waals surface area contributed by atoms with Gasteiger partial charge in [-0.15, -0.1) is 0 Å². The second kappa shape index (κ2) is 9.65. The molecule has 1 fully saturated rings. The Morgan fingerprint density at radius 1 is 1.09 bits per heavy atom. The highest BCUT2D eigenvalue weighted by Crippen LogP contribution is 2.31. The summed E-state index contributed by atoms with van der Waals surface area (Å²) >= 11 is 0. The van der Waals surface area contributed by atoms with Crippen LogP contribution in [-0.4, -0.2) is 46.0 Å². The lowest BCUT2D eigenvalue weighted by molar-refractivity contribution is -0.137. The van der Waals surface area contributed by atoms with Gasteiger partial charge in [-0.2, -0.15) is 18.3 Å². The topological polar surface area (TPSA) is 57.8 Å². The summed E-state index contributed by atoms with van der Waals surface area (Å²) in [6.45, 7) is 3.91. The maximum Gasteiger partial charge on any atom is 0.416 e. The molecule has 9 heteroatoms. The predicted octanol–water partition coefficient (Wildman–Crippen LogP) is 4.54. The van der Waals surface area contributed by atoms with Crippen LogP contribution < -0.4 is 5.32 Å². The van der Waals surface area contributed by atoms with Crippen molar-refractivity contribution in [2.75, 3.05) is 13.1 Å². The molecule has 35 heavy (non-hydrogen) atoms. The van der Waals surface area contributed by atoms with E-state index in [1.54, 1.807) is 23.3 Å². The highest BCUT2D eigenvalue weighted by molar-refractivity contribution is 5.96. The lowest BCUT2D eigenvalue weighted by atomic mass is 10.00. The van der Waals surface area contributed by atoms with E-state index in [-0.39, 0.29) is 18.8 Å². The van der Waals surface area contributed by atoms with E-state index >= 15 is 0 Å². The SMILES string of the molecule is CC(Cc1ccccc1)CN1C2=NC=NCC2NC1c1cnn(Cc2cccc(C(F)(F)F)c2)c1. The fourth-order valence-corrected chi connectivity index (χ4v) is 4.77. The minimum absolute atomic E-state index is 0.0285. The van der Waals surface area contributed by atoms with Crippen LogP contribution in [0.5, 0.6) is 0 Å². The Morgan fingerprint density at radius 3 is 2.69 bits per heavy atom. The monoisotopic (exact) mass is 480 g/mol. The smallest absolute Gasteiger partial charge is 0.339 e. The van der Waals surface area contributed by atoms with Gasteiger partial charge in [0.2, 0.25) is 0 Å². The highest BCUT2D eigenvalue weighted by Gasteiger charge is 2.39. The maximum absolute atomic E-state index is 13.1. The molecular formula is C26H27F3N6. The number of hydrogen-bond acceptors (Lipinski definition) is 5. The molecule has 6 nitrogen and oxygen atoms in total. The molecule has 0 saturated carbocycles. The van der Waals surface area contributed by atoms with Gasteiger partial charge in [-0.3, -0.25) is 15.0 Å². The number of rotatable bonds is 7. The summed E-state index contributed by atoms with van der Waals surface area (Å²) in [4.78, 5) is 11.1. The zero-order valence-electron chi connectivity index (χ0n) is 19.4. The minimum Gasteiger partial charge on any atom is -0.339 e. The lowest BCUT2D eigenvalue weighted by Gasteiger charge is -2.29. The van der Waals surface area contributed by atoms with Crippen molar-refractivity contribution in [2.45, 2.75) is 38.3 Å². The van der Waals surface area contributed by atoms with Gasteiger partial charge in [0.25, 0.3) is 0 Å². The first-order chi connectivity index (χ1) is 16.9. The number of halogens is 3. The van der Waals surface area contributed by atoms with Crippen LogP contribution in [0.15, 0.2) is 77.0 Å². The summed E-state index contributed by atoms with van der Waals surface area (Å²) in [5.41, 5.74) is 2.14. The van der Waals surface area contributed by atoms with Crippen LogP contribution in [-0.2, 0) is 19.1 Å². The molecule has 1 aromatic heterocycles. The molecule has 3 atom stereocenters. The van der Waals surface area contributed by atoms with Crippen LogP contribution in [0.3, 0.4) is 0 Å². The number of nitrogens with one attached hydrogen (secondary N) is 1. The molecule has 0 amide bonds. The zero-order chi connectivity index (χ0) is 24.4. The molecule has 0 radical (unpaired) electrons. The quantitative estimate of drug-likeness (QED) is 0.540. The van der Waals surface area contributed by atoms with Gasteiger partial charge in [0.15, 0.2) is 0 Å². The number of benzene rings is 2. The average molecular weight is 481 g/mol. The summed E-state index contributed by atoms with van der Waals surface area (Å²) in [5, 5.41) is 8.06. The van der Waals surface area contributed by atoms with Gasteiger partial charge in [0.1, 0.15) is 18.3 Å². The second-order valence-corrected chi connectivity index (χ2v) is 9.21. The van der Waals surface area contributed by atoms with Gasteiger partial charge < -0.3 is 4.90 Å². The Labute approximate surface area is 202 Å². The summed E-state index contributed by atoms with van der Waals surface area (Å²) in [6.07, 6.45) is 1.74. The summed E-state index contributed by atoms with van der Waals surface area (Å²) in [7, 11) is 0. The van der Waals surface area contributed by atoms with Crippen LogP contribution in [0.2, 0.25) is 0 Å². The largest absolute Gasteiger partial charge is 0.416 e. The van der Waals surface area contributed by atoms with Crippen LogP contribution in [0.1, 0.15) is 35.3 Å². The van der Waals surface area contributed by atoms with Crippen molar-refractivity contribution in [3.05, 3.63) is 89.2 Å². The Bertz CT molecular complexity index is 1220. The van der Waals surface area contributed by atoms with Crippen molar-refractivity contribution in [1.29, 1.82) is 0 Å². The first-order valence-corrected chi connectivity index (χ1v) is 11.7. The second-order valence-electron chi connectivity index (χ2n) is 9.21. The summed E-state index contributed by atoms with van der Waals surface area (Å²) in [6, 6.07) is 15.8. The van der Waals surface area contributed by atoms with Crippen molar-refractivity contribution in [3.63, 3.8) is 0 Å². The maximum atomic E-state index is 13.1. The standard InChI is InChI=1S/C26H27F3N6/c1-18(10-19-6-3-2-4-7-19)14-35-24(33-23-13-30-17-31-25(23)35)21-12-32-34(16-21)15-20-8-5-9-22(11-20)26(27,28)29/h2-9,11-12,16-18,23-24,33H,10,13-15H2,1H3. The van der Waals surface area contributed by atoms with Crippen LogP contribution in [0, 0.1) is 5.92 Å². The van der Waals surface area contributed by atoms with E-state index in [1.165, 1.54) is 17.7 Å². The molecular weight excluding hydrogens is 453 g/mol.